The van der Waals surface area contributed by atoms with Gasteiger partial charge in [-0.2, -0.15) is 0 Å². The fraction of sp³-hybridized carbons (Fsp3) is 0.632. The second-order valence-electron chi connectivity index (χ2n) is 6.85. The Hall–Kier alpha value is -1.43. The van der Waals surface area contributed by atoms with Crippen LogP contribution < -0.4 is 10.6 Å². The van der Waals surface area contributed by atoms with E-state index in [2.05, 4.69) is 45.9 Å². The van der Waals surface area contributed by atoms with E-state index in [1.807, 2.05) is 0 Å². The number of rotatable bonds is 6. The molecule has 2 aliphatic heterocycles. The molecule has 0 radical (unpaired) electrons. The summed E-state index contributed by atoms with van der Waals surface area (Å²) in [4.78, 5) is 14.7. The van der Waals surface area contributed by atoms with Gasteiger partial charge in [-0.25, -0.2) is 0 Å². The number of carbonyl (C=O) groups excluding carboxylic acids is 1. The molecule has 5 heteroatoms. The first-order valence-corrected chi connectivity index (χ1v) is 9.16. The highest BCUT2D eigenvalue weighted by Gasteiger charge is 2.22. The Kier molecular flexibility index (Phi) is 6.64. The van der Waals surface area contributed by atoms with Crippen molar-refractivity contribution in [1.82, 2.24) is 15.5 Å². The summed E-state index contributed by atoms with van der Waals surface area (Å²) in [5, 5.41) is 6.53. The van der Waals surface area contributed by atoms with Crippen LogP contribution in [0.15, 0.2) is 30.3 Å². The molecule has 2 saturated heterocycles. The highest BCUT2D eigenvalue weighted by Crippen LogP contribution is 2.12. The summed E-state index contributed by atoms with van der Waals surface area (Å²) in [6.07, 6.45) is 3.73. The molecule has 1 amide bonds. The molecular weight excluding hydrogens is 302 g/mol. The molecule has 2 heterocycles. The molecule has 2 aliphatic rings. The number of piperidine rings is 1. The molecule has 0 bridgehead atoms. The van der Waals surface area contributed by atoms with Crippen LogP contribution in [0.25, 0.3) is 0 Å². The zero-order valence-electron chi connectivity index (χ0n) is 14.4. The fourth-order valence-corrected chi connectivity index (χ4v) is 3.49. The average Bonchev–Trinajstić information content (AvgIpc) is 2.63. The first-order chi connectivity index (χ1) is 11.8. The highest BCUT2D eigenvalue weighted by molar-refractivity contribution is 5.76. The Morgan fingerprint density at radius 3 is 2.75 bits per heavy atom. The summed E-state index contributed by atoms with van der Waals surface area (Å²) in [7, 11) is 0. The predicted molar refractivity (Wildman–Crippen MR) is 95.0 cm³/mol. The van der Waals surface area contributed by atoms with Gasteiger partial charge in [0, 0.05) is 44.7 Å². The van der Waals surface area contributed by atoms with E-state index in [-0.39, 0.29) is 11.9 Å². The van der Waals surface area contributed by atoms with Crippen LogP contribution >= 0.6 is 0 Å². The number of morpholine rings is 1. The maximum absolute atomic E-state index is 12.2. The minimum Gasteiger partial charge on any atom is -0.378 e. The van der Waals surface area contributed by atoms with Gasteiger partial charge in [-0.1, -0.05) is 30.3 Å². The van der Waals surface area contributed by atoms with Crippen molar-refractivity contribution in [3.8, 4) is 0 Å². The molecule has 1 aromatic carbocycles. The molecule has 1 unspecified atom stereocenters. The second-order valence-corrected chi connectivity index (χ2v) is 6.85. The fourth-order valence-electron chi connectivity index (χ4n) is 3.49. The summed E-state index contributed by atoms with van der Waals surface area (Å²) >= 11 is 0. The SMILES string of the molecule is O=C(CC1COCCN1)NC1CCN(CCc2ccccc2)CC1. The van der Waals surface area contributed by atoms with E-state index in [1.165, 1.54) is 5.56 Å². The second kappa shape index (κ2) is 9.16. The third-order valence-corrected chi connectivity index (χ3v) is 4.94. The van der Waals surface area contributed by atoms with Gasteiger partial charge in [0.25, 0.3) is 0 Å². The molecule has 24 heavy (non-hydrogen) atoms. The number of amides is 1. The number of likely N-dealkylation sites (tertiary alicyclic amines) is 1. The van der Waals surface area contributed by atoms with Gasteiger partial charge < -0.3 is 20.3 Å². The van der Waals surface area contributed by atoms with Crippen molar-refractivity contribution in [2.75, 3.05) is 39.4 Å². The number of carbonyl (C=O) groups is 1. The maximum Gasteiger partial charge on any atom is 0.221 e. The van der Waals surface area contributed by atoms with Crippen LogP contribution in [0.4, 0.5) is 0 Å². The molecule has 0 spiro atoms. The van der Waals surface area contributed by atoms with Crippen LogP contribution in [0.1, 0.15) is 24.8 Å². The van der Waals surface area contributed by atoms with Crippen molar-refractivity contribution in [2.24, 2.45) is 0 Å². The first kappa shape index (κ1) is 17.4. The number of nitrogens with zero attached hydrogens (tertiary/aromatic N) is 1. The van der Waals surface area contributed by atoms with Gasteiger partial charge >= 0.3 is 0 Å². The molecule has 0 aromatic heterocycles. The molecule has 132 valence electrons. The van der Waals surface area contributed by atoms with Crippen molar-refractivity contribution < 1.29 is 9.53 Å². The monoisotopic (exact) mass is 331 g/mol. The standard InChI is InChI=1S/C19H29N3O2/c23-19(14-18-15-24-13-9-20-18)21-17-7-11-22(12-8-17)10-6-16-4-2-1-3-5-16/h1-5,17-18,20H,6-15H2,(H,21,23). The predicted octanol–water partition coefficient (Wildman–Crippen LogP) is 1.19. The smallest absolute Gasteiger partial charge is 0.221 e. The molecule has 1 atom stereocenters. The maximum atomic E-state index is 12.2. The van der Waals surface area contributed by atoms with Gasteiger partial charge in [0.05, 0.1) is 13.2 Å². The quantitative estimate of drug-likeness (QED) is 0.822. The molecule has 2 N–H and O–H groups in total. The first-order valence-electron chi connectivity index (χ1n) is 9.16. The lowest BCUT2D eigenvalue weighted by molar-refractivity contribution is -0.123. The average molecular weight is 331 g/mol. The van der Waals surface area contributed by atoms with Gasteiger partial charge in [-0.15, -0.1) is 0 Å². The lowest BCUT2D eigenvalue weighted by Gasteiger charge is -2.33. The van der Waals surface area contributed by atoms with Gasteiger partial charge in [0.1, 0.15) is 0 Å². The molecule has 5 nitrogen and oxygen atoms in total. The van der Waals surface area contributed by atoms with Crippen molar-refractivity contribution in [3.05, 3.63) is 35.9 Å². The van der Waals surface area contributed by atoms with E-state index in [0.29, 0.717) is 19.1 Å². The van der Waals surface area contributed by atoms with Crippen LogP contribution in [0.2, 0.25) is 0 Å². The lowest BCUT2D eigenvalue weighted by atomic mass is 10.0. The van der Waals surface area contributed by atoms with Crippen molar-refractivity contribution in [2.45, 2.75) is 37.8 Å². The lowest BCUT2D eigenvalue weighted by Crippen LogP contribution is -2.48. The minimum absolute atomic E-state index is 0.153. The Morgan fingerprint density at radius 1 is 1.25 bits per heavy atom. The van der Waals surface area contributed by atoms with Gasteiger partial charge in [0.15, 0.2) is 0 Å². The van der Waals surface area contributed by atoms with E-state index in [0.717, 1.165) is 52.0 Å². The van der Waals surface area contributed by atoms with Crippen molar-refractivity contribution in [3.63, 3.8) is 0 Å². The molecule has 0 aliphatic carbocycles. The van der Waals surface area contributed by atoms with Crippen molar-refractivity contribution in [1.29, 1.82) is 0 Å². The zero-order chi connectivity index (χ0) is 16.6. The molecular formula is C19H29N3O2. The van der Waals surface area contributed by atoms with Crippen LogP contribution in [0.3, 0.4) is 0 Å². The Labute approximate surface area is 144 Å². The molecule has 0 saturated carbocycles. The Morgan fingerprint density at radius 2 is 2.04 bits per heavy atom. The van der Waals surface area contributed by atoms with Crippen LogP contribution in [0.5, 0.6) is 0 Å². The van der Waals surface area contributed by atoms with E-state index in [1.54, 1.807) is 0 Å². The zero-order valence-corrected chi connectivity index (χ0v) is 14.4. The van der Waals surface area contributed by atoms with Crippen LogP contribution in [0, 0.1) is 0 Å². The summed E-state index contributed by atoms with van der Waals surface area (Å²) in [5.41, 5.74) is 1.40. The van der Waals surface area contributed by atoms with E-state index in [4.69, 9.17) is 4.74 Å². The molecule has 1 aromatic rings. The van der Waals surface area contributed by atoms with E-state index >= 15 is 0 Å². The topological polar surface area (TPSA) is 53.6 Å². The molecule has 2 fully saturated rings. The van der Waals surface area contributed by atoms with Crippen LogP contribution in [-0.4, -0.2) is 62.3 Å². The van der Waals surface area contributed by atoms with E-state index in [9.17, 15) is 4.79 Å². The van der Waals surface area contributed by atoms with E-state index < -0.39 is 0 Å². The highest BCUT2D eigenvalue weighted by atomic mass is 16.5. The van der Waals surface area contributed by atoms with Crippen molar-refractivity contribution >= 4 is 5.91 Å². The Balaban J connectivity index is 1.32. The number of hydrogen-bond acceptors (Lipinski definition) is 4. The summed E-state index contributed by atoms with van der Waals surface area (Å²) < 4.78 is 5.40. The number of hydrogen-bond donors (Lipinski definition) is 2. The third-order valence-electron chi connectivity index (χ3n) is 4.94. The number of ether oxygens (including phenoxy) is 1. The van der Waals surface area contributed by atoms with Crippen LogP contribution in [-0.2, 0) is 16.0 Å². The summed E-state index contributed by atoms with van der Waals surface area (Å²) in [6, 6.07) is 11.1. The number of benzene rings is 1. The largest absolute Gasteiger partial charge is 0.378 e. The minimum atomic E-state index is 0.153. The Bertz CT molecular complexity index is 495. The third kappa shape index (κ3) is 5.58. The molecule has 3 rings (SSSR count). The van der Waals surface area contributed by atoms with Gasteiger partial charge in [-0.05, 0) is 24.8 Å². The van der Waals surface area contributed by atoms with Gasteiger partial charge in [0.2, 0.25) is 5.91 Å². The summed E-state index contributed by atoms with van der Waals surface area (Å²) in [5.74, 6) is 0.153. The summed E-state index contributed by atoms with van der Waals surface area (Å²) in [6.45, 7) is 5.49. The number of nitrogens with one attached hydrogen (secondary N) is 2. The van der Waals surface area contributed by atoms with Gasteiger partial charge in [-0.3, -0.25) is 4.79 Å². The normalized spacial score (nSPS) is 23.1.